The van der Waals surface area contributed by atoms with Gasteiger partial charge in [0.2, 0.25) is 5.82 Å². The van der Waals surface area contributed by atoms with Crippen molar-refractivity contribution in [3.63, 3.8) is 0 Å². The molecule has 3 rings (SSSR count). The molecule has 2 fully saturated rings. The van der Waals surface area contributed by atoms with Crippen LogP contribution in [0.5, 0.6) is 0 Å². The van der Waals surface area contributed by atoms with Gasteiger partial charge in [-0.1, -0.05) is 34.6 Å². The minimum atomic E-state index is -0.00965. The minimum absolute atomic E-state index is 0.00965. The number of amides is 1. The molecule has 0 aromatic carbocycles. The average molecular weight is 290 g/mol. The van der Waals surface area contributed by atoms with Crippen LogP contribution < -0.4 is 0 Å². The summed E-state index contributed by atoms with van der Waals surface area (Å²) in [4.78, 5) is 19.1. The van der Waals surface area contributed by atoms with E-state index in [4.69, 9.17) is 0 Å². The Morgan fingerprint density at radius 3 is 2.67 bits per heavy atom. The van der Waals surface area contributed by atoms with Gasteiger partial charge in [0.15, 0.2) is 0 Å². The number of carbonyl (C=O) groups is 1. The third-order valence-corrected chi connectivity index (χ3v) is 4.92. The van der Waals surface area contributed by atoms with Crippen LogP contribution in [-0.4, -0.2) is 38.6 Å². The van der Waals surface area contributed by atoms with E-state index in [0.717, 1.165) is 25.2 Å². The zero-order valence-corrected chi connectivity index (χ0v) is 13.7. The van der Waals surface area contributed by atoms with Crippen molar-refractivity contribution < 1.29 is 4.79 Å². The van der Waals surface area contributed by atoms with Gasteiger partial charge in [0, 0.05) is 18.5 Å². The highest BCUT2D eigenvalue weighted by molar-refractivity contribution is 5.91. The smallest absolute Gasteiger partial charge is 0.293 e. The first-order valence-electron chi connectivity index (χ1n) is 7.92. The lowest BCUT2D eigenvalue weighted by atomic mass is 9.65. The molecule has 1 aliphatic carbocycles. The number of hydrogen-bond acceptors (Lipinski definition) is 3. The number of likely N-dealkylation sites (tertiary alicyclic amines) is 1. The molecule has 1 N–H and O–H groups in total. The third kappa shape index (κ3) is 2.58. The second-order valence-corrected chi connectivity index (χ2v) is 8.35. The first-order chi connectivity index (χ1) is 9.69. The number of H-pyrrole nitrogens is 1. The summed E-state index contributed by atoms with van der Waals surface area (Å²) < 4.78 is 0. The van der Waals surface area contributed by atoms with Gasteiger partial charge in [0.05, 0.1) is 0 Å². The van der Waals surface area contributed by atoms with E-state index in [0.29, 0.717) is 17.3 Å². The number of carbonyl (C=O) groups excluding carboxylic acids is 1. The van der Waals surface area contributed by atoms with Crippen LogP contribution in [0.3, 0.4) is 0 Å². The molecule has 1 aliphatic heterocycles. The summed E-state index contributed by atoms with van der Waals surface area (Å²) in [6.45, 7) is 11.9. The second-order valence-electron chi connectivity index (χ2n) is 8.35. The lowest BCUT2D eigenvalue weighted by Gasteiger charge is -2.39. The lowest BCUT2D eigenvalue weighted by Crippen LogP contribution is -2.38. The van der Waals surface area contributed by atoms with Crippen LogP contribution in [0.15, 0.2) is 0 Å². The van der Waals surface area contributed by atoms with Gasteiger partial charge in [0.25, 0.3) is 5.91 Å². The van der Waals surface area contributed by atoms with Crippen molar-refractivity contribution in [2.24, 2.45) is 10.8 Å². The zero-order valence-electron chi connectivity index (χ0n) is 13.7. The molecule has 0 spiro atoms. The Labute approximate surface area is 126 Å². The summed E-state index contributed by atoms with van der Waals surface area (Å²) in [7, 11) is 0. The largest absolute Gasteiger partial charge is 0.332 e. The van der Waals surface area contributed by atoms with Gasteiger partial charge in [-0.15, -0.1) is 5.10 Å². The highest BCUT2D eigenvalue weighted by Crippen LogP contribution is 2.52. The Hall–Kier alpha value is -1.39. The zero-order chi connectivity index (χ0) is 15.4. The fourth-order valence-corrected chi connectivity index (χ4v) is 4.45. The molecule has 2 atom stereocenters. The Morgan fingerprint density at radius 1 is 1.33 bits per heavy atom. The molecule has 5 heteroatoms. The molecule has 2 bridgehead atoms. The van der Waals surface area contributed by atoms with E-state index in [-0.39, 0.29) is 17.2 Å². The first kappa shape index (κ1) is 14.5. The predicted molar refractivity (Wildman–Crippen MR) is 81.0 cm³/mol. The van der Waals surface area contributed by atoms with Crippen molar-refractivity contribution in [2.45, 2.75) is 65.8 Å². The first-order valence-corrected chi connectivity index (χ1v) is 7.92. The van der Waals surface area contributed by atoms with Crippen molar-refractivity contribution in [3.05, 3.63) is 11.6 Å². The average Bonchev–Trinajstić information content (AvgIpc) is 2.90. The lowest BCUT2D eigenvalue weighted by molar-refractivity contribution is 0.0696. The van der Waals surface area contributed by atoms with E-state index in [1.54, 1.807) is 0 Å². The summed E-state index contributed by atoms with van der Waals surface area (Å²) in [5, 5.41) is 7.01. The van der Waals surface area contributed by atoms with E-state index in [2.05, 4.69) is 36.0 Å². The van der Waals surface area contributed by atoms with Crippen LogP contribution >= 0.6 is 0 Å². The second kappa shape index (κ2) is 4.55. The van der Waals surface area contributed by atoms with Gasteiger partial charge in [-0.2, -0.15) is 0 Å². The maximum Gasteiger partial charge on any atom is 0.293 e. The number of fused-ring (bicyclic) bond motifs is 2. The van der Waals surface area contributed by atoms with Crippen LogP contribution in [0.25, 0.3) is 0 Å². The highest BCUT2D eigenvalue weighted by Gasteiger charge is 2.51. The maximum atomic E-state index is 12.8. The van der Waals surface area contributed by atoms with Gasteiger partial charge in [-0.05, 0) is 30.1 Å². The number of rotatable bonds is 2. The van der Waals surface area contributed by atoms with E-state index in [1.807, 2.05) is 18.7 Å². The van der Waals surface area contributed by atoms with Gasteiger partial charge >= 0.3 is 0 Å². The van der Waals surface area contributed by atoms with E-state index in [9.17, 15) is 4.79 Å². The SMILES string of the molecule is CC(C)c1nc(C(=O)N2CC3(C)CC2CC(C)(C)C3)n[nH]1. The number of aromatic amines is 1. The summed E-state index contributed by atoms with van der Waals surface area (Å²) in [5.74, 6) is 1.36. The van der Waals surface area contributed by atoms with Crippen molar-refractivity contribution in [3.8, 4) is 0 Å². The van der Waals surface area contributed by atoms with Crippen molar-refractivity contribution >= 4 is 5.91 Å². The van der Waals surface area contributed by atoms with Gasteiger partial charge in [0.1, 0.15) is 5.82 Å². The van der Waals surface area contributed by atoms with E-state index >= 15 is 0 Å². The summed E-state index contributed by atoms with van der Waals surface area (Å²) >= 11 is 0. The van der Waals surface area contributed by atoms with Crippen LogP contribution in [0.1, 0.15) is 76.2 Å². The van der Waals surface area contributed by atoms with Crippen LogP contribution in [0, 0.1) is 10.8 Å². The molecule has 21 heavy (non-hydrogen) atoms. The maximum absolute atomic E-state index is 12.8. The van der Waals surface area contributed by atoms with Crippen LogP contribution in [0.4, 0.5) is 0 Å². The molecule has 5 nitrogen and oxygen atoms in total. The Balaban J connectivity index is 1.82. The fourth-order valence-electron chi connectivity index (χ4n) is 4.45. The quantitative estimate of drug-likeness (QED) is 0.911. The molecule has 2 unspecified atom stereocenters. The summed E-state index contributed by atoms with van der Waals surface area (Å²) in [5.41, 5.74) is 0.564. The Bertz CT molecular complexity index is 562. The summed E-state index contributed by atoms with van der Waals surface area (Å²) in [6.07, 6.45) is 3.38. The minimum Gasteiger partial charge on any atom is -0.332 e. The number of hydrogen-bond donors (Lipinski definition) is 1. The normalized spacial score (nSPS) is 31.0. The Kier molecular flexibility index (Phi) is 3.15. The molecule has 1 amide bonds. The molecule has 116 valence electrons. The number of nitrogens with zero attached hydrogens (tertiary/aromatic N) is 3. The van der Waals surface area contributed by atoms with Crippen molar-refractivity contribution in [1.82, 2.24) is 20.1 Å². The van der Waals surface area contributed by atoms with Gasteiger partial charge < -0.3 is 4.90 Å². The predicted octanol–water partition coefficient (Wildman–Crippen LogP) is 2.97. The molecular weight excluding hydrogens is 264 g/mol. The molecule has 1 aromatic rings. The highest BCUT2D eigenvalue weighted by atomic mass is 16.2. The summed E-state index contributed by atoms with van der Waals surface area (Å²) in [6, 6.07) is 0.340. The molecule has 2 aliphatic rings. The van der Waals surface area contributed by atoms with Crippen molar-refractivity contribution in [2.75, 3.05) is 6.54 Å². The molecule has 2 heterocycles. The van der Waals surface area contributed by atoms with Gasteiger partial charge in [-0.25, -0.2) is 4.98 Å². The van der Waals surface area contributed by atoms with Crippen LogP contribution in [0.2, 0.25) is 0 Å². The number of aromatic nitrogens is 3. The van der Waals surface area contributed by atoms with E-state index in [1.165, 1.54) is 6.42 Å². The molecular formula is C16H26N4O. The van der Waals surface area contributed by atoms with Crippen molar-refractivity contribution in [1.29, 1.82) is 0 Å². The molecule has 1 aromatic heterocycles. The standard InChI is InChI=1S/C16H26N4O/c1-10(2)12-17-13(19-18-12)14(21)20-9-16(5)7-11(20)6-15(3,4)8-16/h10-11H,6-9H2,1-5H3,(H,17,18,19). The topological polar surface area (TPSA) is 61.9 Å². The molecule has 1 saturated heterocycles. The van der Waals surface area contributed by atoms with Gasteiger partial charge in [-0.3, -0.25) is 9.89 Å². The monoisotopic (exact) mass is 290 g/mol. The third-order valence-electron chi connectivity index (χ3n) is 4.92. The number of nitrogens with one attached hydrogen (secondary N) is 1. The Morgan fingerprint density at radius 2 is 2.05 bits per heavy atom. The van der Waals surface area contributed by atoms with Crippen LogP contribution in [-0.2, 0) is 0 Å². The molecule has 0 radical (unpaired) electrons. The fraction of sp³-hybridized carbons (Fsp3) is 0.812. The van der Waals surface area contributed by atoms with E-state index < -0.39 is 0 Å². The molecule has 1 saturated carbocycles.